The number of aliphatic hydroxyl groups is 2. The molecule has 0 saturated heterocycles. The van der Waals surface area contributed by atoms with Gasteiger partial charge in [0.2, 0.25) is 0 Å². The molecule has 0 bridgehead atoms. The van der Waals surface area contributed by atoms with Crippen molar-refractivity contribution < 1.29 is 10.2 Å². The summed E-state index contributed by atoms with van der Waals surface area (Å²) in [7, 11) is 0. The van der Waals surface area contributed by atoms with Crippen LogP contribution in [0.15, 0.2) is 0 Å². The third kappa shape index (κ3) is 5.47. The summed E-state index contributed by atoms with van der Waals surface area (Å²) in [5, 5.41) is 22.6. The molecule has 0 spiro atoms. The van der Waals surface area contributed by atoms with Crippen LogP contribution < -0.4 is 5.32 Å². The van der Waals surface area contributed by atoms with Crippen molar-refractivity contribution in [3.63, 3.8) is 0 Å². The number of hydrogen-bond donors (Lipinski definition) is 3. The molecule has 1 aliphatic rings. The van der Waals surface area contributed by atoms with Crippen LogP contribution in [0.25, 0.3) is 0 Å². The smallest absolute Gasteiger partial charge is 0.0861 e. The number of thioether (sulfide) groups is 1. The molecule has 0 aliphatic heterocycles. The maximum Gasteiger partial charge on any atom is 0.0861 e. The van der Waals surface area contributed by atoms with Gasteiger partial charge in [-0.2, -0.15) is 11.8 Å². The van der Waals surface area contributed by atoms with Crippen LogP contribution in [0.5, 0.6) is 0 Å². The van der Waals surface area contributed by atoms with Gasteiger partial charge in [0.25, 0.3) is 0 Å². The minimum absolute atomic E-state index is 0.121. The Hall–Kier alpha value is 0.230. The van der Waals surface area contributed by atoms with E-state index in [1.165, 1.54) is 32.1 Å². The van der Waals surface area contributed by atoms with E-state index in [0.29, 0.717) is 17.0 Å². The molecular formula is C14H29NO2S. The molecule has 1 fully saturated rings. The van der Waals surface area contributed by atoms with Gasteiger partial charge in [0.1, 0.15) is 0 Å². The van der Waals surface area contributed by atoms with E-state index in [9.17, 15) is 5.11 Å². The molecule has 18 heavy (non-hydrogen) atoms. The highest BCUT2D eigenvalue weighted by Gasteiger charge is 2.29. The van der Waals surface area contributed by atoms with E-state index >= 15 is 0 Å². The van der Waals surface area contributed by atoms with Gasteiger partial charge in [-0.25, -0.2) is 0 Å². The first-order valence-corrected chi connectivity index (χ1v) is 8.40. The van der Waals surface area contributed by atoms with Gasteiger partial charge in [0.15, 0.2) is 0 Å². The number of rotatable bonds is 8. The molecule has 1 saturated carbocycles. The van der Waals surface area contributed by atoms with Crippen molar-refractivity contribution in [1.29, 1.82) is 0 Å². The van der Waals surface area contributed by atoms with Crippen LogP contribution >= 0.6 is 11.8 Å². The predicted octanol–water partition coefficient (Wildman–Crippen LogP) is 2.02. The second-order valence-electron chi connectivity index (χ2n) is 5.36. The molecule has 0 aromatic carbocycles. The number of nitrogens with one attached hydrogen (secondary N) is 1. The zero-order valence-electron chi connectivity index (χ0n) is 11.8. The van der Waals surface area contributed by atoms with Gasteiger partial charge in [0.05, 0.1) is 12.7 Å². The highest BCUT2D eigenvalue weighted by molar-refractivity contribution is 8.00. The van der Waals surface area contributed by atoms with Crippen LogP contribution in [0, 0.1) is 5.92 Å². The fourth-order valence-electron chi connectivity index (χ4n) is 2.62. The Morgan fingerprint density at radius 2 is 2.11 bits per heavy atom. The molecule has 3 nitrogen and oxygen atoms in total. The summed E-state index contributed by atoms with van der Waals surface area (Å²) in [6.07, 6.45) is 5.71. The highest BCUT2D eigenvalue weighted by Crippen LogP contribution is 2.34. The van der Waals surface area contributed by atoms with E-state index < -0.39 is 6.10 Å². The van der Waals surface area contributed by atoms with Crippen LogP contribution in [0.1, 0.15) is 46.0 Å². The molecule has 0 heterocycles. The zero-order valence-corrected chi connectivity index (χ0v) is 12.6. The van der Waals surface area contributed by atoms with E-state index in [1.54, 1.807) is 0 Å². The van der Waals surface area contributed by atoms with Gasteiger partial charge in [-0.15, -0.1) is 0 Å². The second-order valence-corrected chi connectivity index (χ2v) is 6.63. The maximum absolute atomic E-state index is 9.48. The number of hydrogen-bond acceptors (Lipinski definition) is 4. The van der Waals surface area contributed by atoms with Crippen LogP contribution in [0.4, 0.5) is 0 Å². The summed E-state index contributed by atoms with van der Waals surface area (Å²) >= 11 is 1.84. The normalized spacial score (nSPS) is 30.3. The Kier molecular flexibility index (Phi) is 8.31. The lowest BCUT2D eigenvalue weighted by molar-refractivity contribution is 0.113. The molecular weight excluding hydrogens is 246 g/mol. The SMILES string of the molecule is CCCNC1CCC(CC)CC1SCC(O)CO. The van der Waals surface area contributed by atoms with Crippen molar-refractivity contribution in [2.75, 3.05) is 18.9 Å². The first-order valence-electron chi connectivity index (χ1n) is 7.35. The molecule has 0 aromatic heterocycles. The molecule has 0 amide bonds. The molecule has 4 heteroatoms. The molecule has 4 unspecified atom stereocenters. The van der Waals surface area contributed by atoms with Crippen molar-refractivity contribution in [2.24, 2.45) is 5.92 Å². The summed E-state index contributed by atoms with van der Waals surface area (Å²) in [4.78, 5) is 0. The summed E-state index contributed by atoms with van der Waals surface area (Å²) in [6, 6.07) is 0.587. The zero-order chi connectivity index (χ0) is 13.4. The van der Waals surface area contributed by atoms with Crippen molar-refractivity contribution in [3.8, 4) is 0 Å². The fourth-order valence-corrected chi connectivity index (χ4v) is 4.07. The van der Waals surface area contributed by atoms with E-state index in [2.05, 4.69) is 19.2 Å². The average molecular weight is 275 g/mol. The Balaban J connectivity index is 2.42. The Morgan fingerprint density at radius 1 is 1.33 bits per heavy atom. The van der Waals surface area contributed by atoms with Gasteiger partial charge in [-0.05, 0) is 38.1 Å². The molecule has 0 aromatic rings. The van der Waals surface area contributed by atoms with Crippen LogP contribution in [-0.2, 0) is 0 Å². The number of aliphatic hydroxyl groups excluding tert-OH is 2. The largest absolute Gasteiger partial charge is 0.394 e. The molecule has 1 aliphatic carbocycles. The third-order valence-corrected chi connectivity index (χ3v) is 5.37. The van der Waals surface area contributed by atoms with Crippen molar-refractivity contribution in [3.05, 3.63) is 0 Å². The van der Waals surface area contributed by atoms with E-state index in [0.717, 1.165) is 12.5 Å². The van der Waals surface area contributed by atoms with E-state index in [-0.39, 0.29) is 6.61 Å². The lowest BCUT2D eigenvalue weighted by Crippen LogP contribution is -2.43. The minimum atomic E-state index is -0.566. The second kappa shape index (κ2) is 9.18. The quantitative estimate of drug-likeness (QED) is 0.634. The van der Waals surface area contributed by atoms with Gasteiger partial charge >= 0.3 is 0 Å². The van der Waals surface area contributed by atoms with Crippen molar-refractivity contribution in [1.82, 2.24) is 5.32 Å². The van der Waals surface area contributed by atoms with Crippen LogP contribution in [-0.4, -0.2) is 46.5 Å². The van der Waals surface area contributed by atoms with Gasteiger partial charge in [-0.1, -0.05) is 20.3 Å². The summed E-state index contributed by atoms with van der Waals surface area (Å²) in [5.74, 6) is 1.50. The Morgan fingerprint density at radius 3 is 2.72 bits per heavy atom. The summed E-state index contributed by atoms with van der Waals surface area (Å²) in [6.45, 7) is 5.43. The first kappa shape index (κ1) is 16.3. The van der Waals surface area contributed by atoms with E-state index in [4.69, 9.17) is 5.11 Å². The molecule has 0 radical (unpaired) electrons. The van der Waals surface area contributed by atoms with Crippen molar-refractivity contribution >= 4 is 11.8 Å². The monoisotopic (exact) mass is 275 g/mol. The van der Waals surface area contributed by atoms with Gasteiger partial charge in [0, 0.05) is 17.0 Å². The average Bonchev–Trinajstić information content (AvgIpc) is 2.42. The minimum Gasteiger partial charge on any atom is -0.394 e. The third-order valence-electron chi connectivity index (χ3n) is 3.85. The summed E-state index contributed by atoms with van der Waals surface area (Å²) < 4.78 is 0. The summed E-state index contributed by atoms with van der Waals surface area (Å²) in [5.41, 5.74) is 0. The molecule has 3 N–H and O–H groups in total. The highest BCUT2D eigenvalue weighted by atomic mass is 32.2. The van der Waals surface area contributed by atoms with Crippen LogP contribution in [0.2, 0.25) is 0 Å². The predicted molar refractivity (Wildman–Crippen MR) is 79.1 cm³/mol. The van der Waals surface area contributed by atoms with Gasteiger partial charge in [-0.3, -0.25) is 0 Å². The van der Waals surface area contributed by atoms with E-state index in [1.807, 2.05) is 11.8 Å². The first-order chi connectivity index (χ1) is 8.71. The lowest BCUT2D eigenvalue weighted by atomic mass is 9.84. The standard InChI is InChI=1S/C14H29NO2S/c1-3-7-15-13-6-5-11(4-2)8-14(13)18-10-12(17)9-16/h11-17H,3-10H2,1-2H3. The fraction of sp³-hybridized carbons (Fsp3) is 1.00. The lowest BCUT2D eigenvalue weighted by Gasteiger charge is -2.36. The topological polar surface area (TPSA) is 52.5 Å². The Bertz CT molecular complexity index is 216. The molecule has 1 rings (SSSR count). The maximum atomic E-state index is 9.48. The molecule has 108 valence electrons. The van der Waals surface area contributed by atoms with Crippen LogP contribution in [0.3, 0.4) is 0 Å². The molecule has 4 atom stereocenters. The Labute approximate surface area is 116 Å². The van der Waals surface area contributed by atoms with Crippen molar-refractivity contribution in [2.45, 2.75) is 63.3 Å². The van der Waals surface area contributed by atoms with Gasteiger partial charge < -0.3 is 15.5 Å².